The molecule has 4 rings (SSSR count). The first kappa shape index (κ1) is 18.9. The van der Waals surface area contributed by atoms with Crippen LogP contribution in [0.15, 0.2) is 57.7 Å². The third-order valence-corrected chi connectivity index (χ3v) is 5.17. The van der Waals surface area contributed by atoms with Gasteiger partial charge in [0.05, 0.1) is 12.2 Å². The first-order chi connectivity index (χ1) is 14.0. The van der Waals surface area contributed by atoms with Crippen molar-refractivity contribution in [1.82, 2.24) is 10.2 Å². The van der Waals surface area contributed by atoms with Gasteiger partial charge in [-0.15, -0.1) is 10.2 Å². The Bertz CT molecular complexity index is 1100. The largest absolute Gasteiger partial charge is 0.503 e. The topological polar surface area (TPSA) is 106 Å². The van der Waals surface area contributed by atoms with Crippen molar-refractivity contribution in [3.05, 3.63) is 70.3 Å². The van der Waals surface area contributed by atoms with Crippen LogP contribution in [0.1, 0.15) is 34.8 Å². The number of nitrogens with zero attached hydrogens (tertiary/aromatic N) is 3. The van der Waals surface area contributed by atoms with E-state index >= 15 is 0 Å². The number of benzene rings is 1. The molecule has 0 bridgehead atoms. The van der Waals surface area contributed by atoms with Crippen molar-refractivity contribution >= 4 is 28.2 Å². The average molecular weight is 411 g/mol. The Kier molecular flexibility index (Phi) is 4.89. The van der Waals surface area contributed by atoms with Crippen molar-refractivity contribution in [3.8, 4) is 5.75 Å². The molecule has 1 amide bonds. The molecular formula is C20H17N3O5S. The fourth-order valence-corrected chi connectivity index (χ4v) is 3.87. The summed E-state index contributed by atoms with van der Waals surface area (Å²) in [6, 6.07) is 9.29. The number of hydrogen-bond donors (Lipinski definition) is 1. The molecule has 9 heteroatoms. The summed E-state index contributed by atoms with van der Waals surface area (Å²) in [7, 11) is 0. The van der Waals surface area contributed by atoms with Gasteiger partial charge in [0.15, 0.2) is 11.5 Å². The van der Waals surface area contributed by atoms with Gasteiger partial charge in [0.1, 0.15) is 23.1 Å². The summed E-state index contributed by atoms with van der Waals surface area (Å²) in [4.78, 5) is 27.4. The molecule has 0 radical (unpaired) electrons. The van der Waals surface area contributed by atoms with Gasteiger partial charge in [-0.2, -0.15) is 0 Å². The molecule has 29 heavy (non-hydrogen) atoms. The van der Waals surface area contributed by atoms with Gasteiger partial charge in [-0.05, 0) is 32.0 Å². The minimum absolute atomic E-state index is 0.0369. The maximum absolute atomic E-state index is 13.2. The van der Waals surface area contributed by atoms with E-state index in [1.54, 1.807) is 37.3 Å². The number of amides is 1. The highest BCUT2D eigenvalue weighted by Gasteiger charge is 2.47. The van der Waals surface area contributed by atoms with Crippen molar-refractivity contribution in [2.75, 3.05) is 11.5 Å². The summed E-state index contributed by atoms with van der Waals surface area (Å²) in [5, 5.41) is 18.7. The molecular weight excluding hydrogens is 394 g/mol. The monoisotopic (exact) mass is 411 g/mol. The molecule has 1 aliphatic rings. The number of ketones is 1. The summed E-state index contributed by atoms with van der Waals surface area (Å²) < 4.78 is 11.2. The number of Topliss-reactive ketones (excluding diaryl/α,β-unsaturated/α-hetero) is 1. The molecule has 0 fully saturated rings. The normalized spacial score (nSPS) is 16.6. The van der Waals surface area contributed by atoms with Crippen molar-refractivity contribution < 1.29 is 23.8 Å². The van der Waals surface area contributed by atoms with E-state index in [1.165, 1.54) is 16.5 Å². The van der Waals surface area contributed by atoms with Crippen LogP contribution in [0.25, 0.3) is 0 Å². The number of aromatic nitrogens is 2. The van der Waals surface area contributed by atoms with E-state index in [9.17, 15) is 14.7 Å². The predicted octanol–water partition coefficient (Wildman–Crippen LogP) is 3.62. The summed E-state index contributed by atoms with van der Waals surface area (Å²) in [5.41, 5.74) is 1.93. The molecule has 8 nitrogen and oxygen atoms in total. The van der Waals surface area contributed by atoms with Crippen molar-refractivity contribution in [3.63, 3.8) is 0 Å². The molecule has 1 aliphatic heterocycles. The van der Waals surface area contributed by atoms with Crippen LogP contribution in [0.3, 0.4) is 0 Å². The minimum atomic E-state index is -0.934. The Morgan fingerprint density at radius 2 is 2.10 bits per heavy atom. The summed E-state index contributed by atoms with van der Waals surface area (Å²) in [6.07, 6.45) is 0. The lowest BCUT2D eigenvalue weighted by atomic mass is 9.94. The maximum Gasteiger partial charge on any atom is 0.296 e. The Balaban J connectivity index is 1.90. The van der Waals surface area contributed by atoms with Gasteiger partial charge in [-0.1, -0.05) is 29.5 Å². The number of anilines is 1. The zero-order valence-corrected chi connectivity index (χ0v) is 16.5. The molecule has 0 saturated carbocycles. The van der Waals surface area contributed by atoms with Crippen molar-refractivity contribution in [2.45, 2.75) is 19.9 Å². The molecule has 148 valence electrons. The Morgan fingerprint density at radius 3 is 2.76 bits per heavy atom. The van der Waals surface area contributed by atoms with Gasteiger partial charge in [-0.25, -0.2) is 0 Å². The number of rotatable bonds is 6. The van der Waals surface area contributed by atoms with Crippen LogP contribution < -0.4 is 9.64 Å². The molecule has 0 spiro atoms. The summed E-state index contributed by atoms with van der Waals surface area (Å²) in [6.45, 7) is 3.94. The highest BCUT2D eigenvalue weighted by Crippen LogP contribution is 2.45. The van der Waals surface area contributed by atoms with Crippen LogP contribution in [0.2, 0.25) is 0 Å². The van der Waals surface area contributed by atoms with E-state index in [1.807, 2.05) is 6.92 Å². The smallest absolute Gasteiger partial charge is 0.296 e. The van der Waals surface area contributed by atoms with Crippen LogP contribution >= 0.6 is 11.3 Å². The lowest BCUT2D eigenvalue weighted by Crippen LogP contribution is -2.31. The quantitative estimate of drug-likeness (QED) is 0.618. The first-order valence-corrected chi connectivity index (χ1v) is 9.76. The van der Waals surface area contributed by atoms with Gasteiger partial charge in [-0.3, -0.25) is 14.5 Å². The molecule has 0 aliphatic carbocycles. The number of ether oxygens (including phenoxy) is 1. The van der Waals surface area contributed by atoms with Crippen molar-refractivity contribution in [1.29, 1.82) is 0 Å². The Labute approximate surface area is 170 Å². The van der Waals surface area contributed by atoms with E-state index in [4.69, 9.17) is 9.15 Å². The van der Waals surface area contributed by atoms with Crippen LogP contribution in [0.4, 0.5) is 5.13 Å². The number of aliphatic hydroxyl groups excluding tert-OH is 1. The van der Waals surface area contributed by atoms with Crippen LogP contribution in [0.5, 0.6) is 5.75 Å². The Hall–Kier alpha value is -3.46. The molecule has 1 aromatic carbocycles. The number of para-hydroxylation sites is 1. The van der Waals surface area contributed by atoms with E-state index in [-0.39, 0.29) is 16.5 Å². The average Bonchev–Trinajstić information content (AvgIpc) is 3.44. The first-order valence-electron chi connectivity index (χ1n) is 8.88. The molecule has 0 saturated heterocycles. The second-order valence-corrected chi connectivity index (χ2v) is 7.08. The number of carbonyl (C=O) groups excluding carboxylic acids is 2. The second kappa shape index (κ2) is 7.51. The predicted molar refractivity (Wildman–Crippen MR) is 105 cm³/mol. The van der Waals surface area contributed by atoms with Crippen LogP contribution in [0, 0.1) is 6.92 Å². The molecule has 1 N–H and O–H groups in total. The van der Waals surface area contributed by atoms with Crippen LogP contribution in [-0.4, -0.2) is 33.6 Å². The number of aliphatic hydroxyl groups is 1. The number of carbonyl (C=O) groups is 2. The SMILES string of the molecule is CCOc1ccccc1C1C(C(=O)c2ccc(C)o2)=C(O)C(=O)N1c1nncs1. The maximum atomic E-state index is 13.2. The lowest BCUT2D eigenvalue weighted by molar-refractivity contribution is -0.117. The highest BCUT2D eigenvalue weighted by atomic mass is 32.1. The van der Waals surface area contributed by atoms with Gasteiger partial charge in [0.25, 0.3) is 5.91 Å². The molecule has 3 aromatic rings. The van der Waals surface area contributed by atoms with E-state index in [2.05, 4.69) is 10.2 Å². The number of hydrogen-bond acceptors (Lipinski definition) is 8. The molecule has 1 atom stereocenters. The highest BCUT2D eigenvalue weighted by molar-refractivity contribution is 7.13. The third-order valence-electron chi connectivity index (χ3n) is 4.48. The zero-order valence-electron chi connectivity index (χ0n) is 15.7. The molecule has 1 unspecified atom stereocenters. The minimum Gasteiger partial charge on any atom is -0.503 e. The summed E-state index contributed by atoms with van der Waals surface area (Å²) >= 11 is 1.13. The zero-order chi connectivity index (χ0) is 20.5. The third kappa shape index (κ3) is 3.19. The lowest BCUT2D eigenvalue weighted by Gasteiger charge is -2.25. The molecule has 2 aromatic heterocycles. The van der Waals surface area contributed by atoms with Crippen LogP contribution in [-0.2, 0) is 4.79 Å². The standard InChI is InChI=1S/C20H17N3O5S/c1-3-27-13-7-5-4-6-12(13)16-15(17(24)14-9-8-11(2)28-14)18(25)19(26)23(16)20-22-21-10-29-20/h4-10,16,25H,3H2,1-2H3. The van der Waals surface area contributed by atoms with Gasteiger partial charge >= 0.3 is 0 Å². The molecule has 3 heterocycles. The Morgan fingerprint density at radius 1 is 1.31 bits per heavy atom. The number of furan rings is 1. The van der Waals surface area contributed by atoms with E-state index in [0.29, 0.717) is 23.7 Å². The number of aryl methyl sites for hydroxylation is 1. The van der Waals surface area contributed by atoms with Gasteiger partial charge in [0.2, 0.25) is 10.9 Å². The fourth-order valence-electron chi connectivity index (χ4n) is 3.28. The van der Waals surface area contributed by atoms with E-state index < -0.39 is 23.5 Å². The van der Waals surface area contributed by atoms with E-state index in [0.717, 1.165) is 11.3 Å². The second-order valence-electron chi connectivity index (χ2n) is 6.27. The summed E-state index contributed by atoms with van der Waals surface area (Å²) in [5.74, 6) is -0.870. The van der Waals surface area contributed by atoms with Crippen molar-refractivity contribution in [2.24, 2.45) is 0 Å². The van der Waals surface area contributed by atoms with Gasteiger partial charge in [0, 0.05) is 5.56 Å². The fraction of sp³-hybridized carbons (Fsp3) is 0.200. The van der Waals surface area contributed by atoms with Gasteiger partial charge < -0.3 is 14.3 Å².